The summed E-state index contributed by atoms with van der Waals surface area (Å²) >= 11 is 0. The quantitative estimate of drug-likeness (QED) is 0.111. The van der Waals surface area contributed by atoms with E-state index in [2.05, 4.69) is 19.9 Å². The Morgan fingerprint density at radius 2 is 0.284 bits per heavy atom. The monoisotopic (exact) mass is 1170 g/mol. The van der Waals surface area contributed by atoms with Gasteiger partial charge in [-0.25, -0.2) is 59.8 Å². The van der Waals surface area contributed by atoms with E-state index in [9.17, 15) is 0 Å². The van der Waals surface area contributed by atoms with Crippen molar-refractivity contribution >= 4 is 88.3 Å². The fraction of sp³-hybridized carbons (Fsp3) is 0. The Hall–Kier alpha value is -10.3. The van der Waals surface area contributed by atoms with Crippen LogP contribution in [0.3, 0.4) is 0 Å². The zero-order valence-electron chi connectivity index (χ0n) is 42.4. The second kappa shape index (κ2) is 18.4. The second-order valence-corrected chi connectivity index (χ2v) is 19.6. The van der Waals surface area contributed by atoms with E-state index in [1.807, 2.05) is 194 Å². The van der Waals surface area contributed by atoms with Crippen LogP contribution >= 0.6 is 0 Å². The van der Waals surface area contributed by atoms with E-state index in [1.54, 1.807) is 0 Å². The van der Waals surface area contributed by atoms with Crippen LogP contribution in [0.25, 0.3) is 179 Å². The van der Waals surface area contributed by atoms with Crippen molar-refractivity contribution in [2.24, 2.45) is 0 Å². The van der Waals surface area contributed by atoms with Crippen LogP contribution in [0.2, 0.25) is 0 Å². The number of aromatic amines is 4. The molecule has 6 aromatic heterocycles. The maximum absolute atomic E-state index is 5.02. The number of H-pyrrole nitrogens is 4. The molecule has 17 heteroatoms. The molecule has 4 N–H and O–H groups in total. The van der Waals surface area contributed by atoms with Crippen LogP contribution in [0, 0.1) is 35.6 Å². The summed E-state index contributed by atoms with van der Waals surface area (Å²) in [4.78, 5) is 73.5. The number of nitrogens with one attached hydrogen (secondary N) is 4. The molecule has 14 aromatic rings. The van der Waals surface area contributed by atoms with Crippen LogP contribution in [0.1, 0.15) is 0 Å². The van der Waals surface area contributed by atoms with Gasteiger partial charge in [-0.05, 0) is 0 Å². The fourth-order valence-corrected chi connectivity index (χ4v) is 11.2. The standard InChI is InChI=1S/2C32H18N8.La/c2*1-2-10-18-17(9-1)25-33-26(18)38-28-21-13-5-6-14-22(21)30(35-28)40-32-24-16-8-7-15-23(24)31(36-32)39-29-20-12-4-3-11-19(20)27(34-29)37-25;/h2*1-16H,(H2,33,34,35,36,37,38,39,40);. The molecule has 4 aliphatic rings. The predicted octanol–water partition coefficient (Wildman–Crippen LogP) is 13.7. The molecule has 10 heterocycles. The van der Waals surface area contributed by atoms with Crippen LogP contribution < -0.4 is 0 Å². The normalized spacial score (nSPS) is 11.9. The van der Waals surface area contributed by atoms with Crippen molar-refractivity contribution in [3.05, 3.63) is 194 Å². The third kappa shape index (κ3) is 7.54. The van der Waals surface area contributed by atoms with Crippen molar-refractivity contribution < 1.29 is 35.6 Å². The number of hydrogen-bond donors (Lipinski definition) is 4. The maximum Gasteiger partial charge on any atom is 0.164 e. The van der Waals surface area contributed by atoms with Gasteiger partial charge in [-0.3, -0.25) is 0 Å². The molecule has 0 atom stereocenters. The zero-order chi connectivity index (χ0) is 52.4. The molecule has 0 saturated heterocycles. The molecule has 18 rings (SSSR count). The summed E-state index contributed by atoms with van der Waals surface area (Å²) in [5.41, 5.74) is 12.9. The van der Waals surface area contributed by atoms with Gasteiger partial charge in [-0.2, -0.15) is 0 Å². The number of aromatic nitrogens is 16. The van der Waals surface area contributed by atoms with Gasteiger partial charge in [0.2, 0.25) is 0 Å². The van der Waals surface area contributed by atoms with Gasteiger partial charge < -0.3 is 19.9 Å². The van der Waals surface area contributed by atoms with E-state index in [0.29, 0.717) is 91.8 Å². The summed E-state index contributed by atoms with van der Waals surface area (Å²) in [6.45, 7) is 0. The van der Waals surface area contributed by atoms with E-state index in [1.165, 1.54) is 0 Å². The summed E-state index contributed by atoms with van der Waals surface area (Å²) in [6, 6.07) is 64.5. The largest absolute Gasteiger partial charge is 0.324 e. The van der Waals surface area contributed by atoms with E-state index >= 15 is 0 Å². The summed E-state index contributed by atoms with van der Waals surface area (Å²) in [5.74, 6) is 4.78. The fourth-order valence-electron chi connectivity index (χ4n) is 11.2. The Morgan fingerprint density at radius 1 is 0.160 bits per heavy atom. The summed E-state index contributed by atoms with van der Waals surface area (Å²) in [7, 11) is 0. The number of nitrogens with zero attached hydrogens (tertiary/aromatic N) is 12. The third-order valence-electron chi connectivity index (χ3n) is 14.9. The molecule has 0 amide bonds. The minimum Gasteiger partial charge on any atom is -0.324 e. The van der Waals surface area contributed by atoms with Gasteiger partial charge in [0.1, 0.15) is 45.2 Å². The Morgan fingerprint density at radius 3 is 0.420 bits per heavy atom. The van der Waals surface area contributed by atoms with E-state index in [4.69, 9.17) is 59.8 Å². The van der Waals surface area contributed by atoms with Crippen LogP contribution in [0.5, 0.6) is 0 Å². The van der Waals surface area contributed by atoms with E-state index in [-0.39, 0.29) is 35.6 Å². The summed E-state index contributed by atoms with van der Waals surface area (Å²) < 4.78 is 0. The van der Waals surface area contributed by atoms with Gasteiger partial charge in [0.05, 0.1) is 0 Å². The van der Waals surface area contributed by atoms with Gasteiger partial charge in [-0.1, -0.05) is 194 Å². The summed E-state index contributed by atoms with van der Waals surface area (Å²) in [5, 5.41) is 7.64. The van der Waals surface area contributed by atoms with Gasteiger partial charge >= 0.3 is 0 Å². The SMILES string of the molecule is [La].c1ccc2c(c1)-c1nc-2nc2[nH]c(nc3nc(nc4[nH]c(n1)c1ccccc41)-c1ccccc1-3)c1ccccc21.c1ccc2c(c1)-c1nc-2nc2[nH]c(nc3nc(nc4[nH]c(n1)c1ccccc41)-c1ccccc1-3)c1ccccc21. The minimum absolute atomic E-state index is 0. The van der Waals surface area contributed by atoms with Gasteiger partial charge in [0.15, 0.2) is 46.6 Å². The molecule has 0 aliphatic carbocycles. The van der Waals surface area contributed by atoms with Crippen molar-refractivity contribution in [1.82, 2.24) is 79.7 Å². The van der Waals surface area contributed by atoms with Crippen molar-refractivity contribution in [1.29, 1.82) is 0 Å². The van der Waals surface area contributed by atoms with Crippen molar-refractivity contribution in [2.45, 2.75) is 0 Å². The smallest absolute Gasteiger partial charge is 0.164 e. The van der Waals surface area contributed by atoms with Gasteiger partial charge in [-0.15, -0.1) is 0 Å². The van der Waals surface area contributed by atoms with Crippen LogP contribution in [0.4, 0.5) is 0 Å². The Labute approximate surface area is 485 Å². The summed E-state index contributed by atoms with van der Waals surface area (Å²) in [6.07, 6.45) is 0. The van der Waals surface area contributed by atoms with Crippen LogP contribution in [0.15, 0.2) is 194 Å². The van der Waals surface area contributed by atoms with E-state index in [0.717, 1.165) is 87.6 Å². The molecule has 8 aromatic carbocycles. The molecule has 1 radical (unpaired) electrons. The Balaban J connectivity index is 0.000000132. The first-order valence-corrected chi connectivity index (χ1v) is 26.0. The van der Waals surface area contributed by atoms with Crippen molar-refractivity contribution in [3.8, 4) is 91.1 Å². The molecule has 0 spiro atoms. The molecule has 81 heavy (non-hydrogen) atoms. The first-order chi connectivity index (χ1) is 39.6. The average molecular weight is 1170 g/mol. The molecular weight excluding hydrogens is 1130 g/mol. The minimum atomic E-state index is 0. The first-order valence-electron chi connectivity index (χ1n) is 26.0. The molecule has 16 bridgehead atoms. The van der Waals surface area contributed by atoms with Crippen LogP contribution in [-0.2, 0) is 0 Å². The van der Waals surface area contributed by atoms with Gasteiger partial charge in [0.25, 0.3) is 0 Å². The molecular formula is C64H36LaN16. The predicted molar refractivity (Wildman–Crippen MR) is 312 cm³/mol. The van der Waals surface area contributed by atoms with Crippen molar-refractivity contribution in [3.63, 3.8) is 0 Å². The number of fused-ring (bicyclic) bond motifs is 40. The number of benzene rings is 8. The van der Waals surface area contributed by atoms with Gasteiger partial charge in [0, 0.05) is 123 Å². The zero-order valence-corrected chi connectivity index (χ0v) is 46.0. The average Bonchev–Trinajstić information content (AvgIpc) is 4.53. The molecule has 0 saturated carbocycles. The molecule has 0 unspecified atom stereocenters. The first kappa shape index (κ1) is 46.7. The third-order valence-corrected chi connectivity index (χ3v) is 14.9. The number of rotatable bonds is 0. The second-order valence-electron chi connectivity index (χ2n) is 19.6. The van der Waals surface area contributed by atoms with E-state index < -0.39 is 0 Å². The molecule has 4 aliphatic heterocycles. The molecule has 16 nitrogen and oxygen atoms in total. The number of hydrogen-bond acceptors (Lipinski definition) is 12. The van der Waals surface area contributed by atoms with Crippen LogP contribution in [-0.4, -0.2) is 79.7 Å². The Bertz CT molecular complexity index is 4390. The topological polar surface area (TPSA) is 218 Å². The molecule has 0 fully saturated rings. The van der Waals surface area contributed by atoms with Crippen molar-refractivity contribution in [2.75, 3.05) is 0 Å². The molecule has 375 valence electrons. The maximum atomic E-state index is 5.02. The Kier molecular flexibility index (Phi) is 10.6.